The molecule has 0 unspecified atom stereocenters. The second-order valence-corrected chi connectivity index (χ2v) is 6.80. The summed E-state index contributed by atoms with van der Waals surface area (Å²) in [6.07, 6.45) is 18.3. The molecule has 0 radical (unpaired) electrons. The van der Waals surface area contributed by atoms with Crippen LogP contribution in [0.4, 0.5) is 0 Å². The van der Waals surface area contributed by atoms with Crippen LogP contribution in [0.1, 0.15) is 96.8 Å². The lowest BCUT2D eigenvalue weighted by Crippen LogP contribution is -2.07. The van der Waals surface area contributed by atoms with Crippen molar-refractivity contribution >= 4 is 5.97 Å². The van der Waals surface area contributed by atoms with Crippen LogP contribution in [0.5, 0.6) is 0 Å². The third kappa shape index (κ3) is 10.2. The highest BCUT2D eigenvalue weighted by Crippen LogP contribution is 2.23. The molecule has 1 fully saturated rings. The second-order valence-electron chi connectivity index (χ2n) is 6.80. The van der Waals surface area contributed by atoms with Gasteiger partial charge in [0.05, 0.1) is 19.3 Å². The average molecular weight is 312 g/mol. The van der Waals surface area contributed by atoms with Crippen LogP contribution in [0.15, 0.2) is 0 Å². The van der Waals surface area contributed by atoms with Crippen LogP contribution in [0.3, 0.4) is 0 Å². The first kappa shape index (κ1) is 19.5. The van der Waals surface area contributed by atoms with Gasteiger partial charge in [-0.15, -0.1) is 0 Å². The molecular weight excluding hydrogens is 276 g/mol. The molecular formula is C19H36O3. The molecule has 2 atom stereocenters. The van der Waals surface area contributed by atoms with E-state index >= 15 is 0 Å². The first-order valence-electron chi connectivity index (χ1n) is 9.44. The summed E-state index contributed by atoms with van der Waals surface area (Å²) in [5.74, 6) is -0.0718. The predicted molar refractivity (Wildman–Crippen MR) is 91.0 cm³/mol. The number of hydrogen-bond acceptors (Lipinski definition) is 3. The van der Waals surface area contributed by atoms with Gasteiger partial charge in [0, 0.05) is 6.42 Å². The minimum atomic E-state index is -0.0718. The quantitative estimate of drug-likeness (QED) is 0.337. The molecule has 0 spiro atoms. The van der Waals surface area contributed by atoms with E-state index in [1.54, 1.807) is 0 Å². The monoisotopic (exact) mass is 312 g/mol. The van der Waals surface area contributed by atoms with Gasteiger partial charge in [-0.2, -0.15) is 0 Å². The number of carbonyl (C=O) groups is 1. The minimum absolute atomic E-state index is 0.0718. The number of ether oxygens (including phenoxy) is 2. The maximum atomic E-state index is 10.9. The molecule has 0 aromatic heterocycles. The summed E-state index contributed by atoms with van der Waals surface area (Å²) in [5, 5.41) is 0. The van der Waals surface area contributed by atoms with Gasteiger partial charge in [-0.05, 0) is 32.6 Å². The van der Waals surface area contributed by atoms with E-state index < -0.39 is 0 Å². The highest BCUT2D eigenvalue weighted by Gasteiger charge is 2.20. The molecule has 1 aliphatic heterocycles. The van der Waals surface area contributed by atoms with E-state index in [2.05, 4.69) is 11.7 Å². The minimum Gasteiger partial charge on any atom is -0.469 e. The van der Waals surface area contributed by atoms with E-state index in [1.807, 2.05) is 0 Å². The Hall–Kier alpha value is -0.570. The summed E-state index contributed by atoms with van der Waals surface area (Å²) in [7, 11) is 1.46. The molecule has 22 heavy (non-hydrogen) atoms. The van der Waals surface area contributed by atoms with Crippen LogP contribution in [0, 0.1) is 0 Å². The van der Waals surface area contributed by atoms with E-state index in [4.69, 9.17) is 4.74 Å². The molecule has 0 aromatic rings. The molecule has 1 rings (SSSR count). The lowest BCUT2D eigenvalue weighted by atomic mass is 10.0. The van der Waals surface area contributed by atoms with E-state index in [-0.39, 0.29) is 5.97 Å². The van der Waals surface area contributed by atoms with Crippen LogP contribution in [0.2, 0.25) is 0 Å². The van der Waals surface area contributed by atoms with Crippen molar-refractivity contribution in [2.75, 3.05) is 7.11 Å². The Balaban J connectivity index is 1.72. The Morgan fingerprint density at radius 1 is 0.909 bits per heavy atom. The summed E-state index contributed by atoms with van der Waals surface area (Å²) in [4.78, 5) is 10.9. The number of carbonyl (C=O) groups excluding carboxylic acids is 1. The molecule has 0 aliphatic carbocycles. The van der Waals surface area contributed by atoms with Crippen molar-refractivity contribution in [3.8, 4) is 0 Å². The summed E-state index contributed by atoms with van der Waals surface area (Å²) in [5.41, 5.74) is 0. The summed E-state index contributed by atoms with van der Waals surface area (Å²) < 4.78 is 10.5. The van der Waals surface area contributed by atoms with Gasteiger partial charge in [-0.3, -0.25) is 4.79 Å². The van der Waals surface area contributed by atoms with Crippen molar-refractivity contribution in [3.63, 3.8) is 0 Å². The Bertz CT molecular complexity index is 278. The summed E-state index contributed by atoms with van der Waals surface area (Å²) >= 11 is 0. The highest BCUT2D eigenvalue weighted by atomic mass is 16.5. The van der Waals surface area contributed by atoms with E-state index in [9.17, 15) is 4.79 Å². The molecule has 0 amide bonds. The van der Waals surface area contributed by atoms with Gasteiger partial charge in [0.25, 0.3) is 0 Å². The van der Waals surface area contributed by atoms with Crippen LogP contribution in [-0.4, -0.2) is 25.3 Å². The first-order valence-corrected chi connectivity index (χ1v) is 9.44. The van der Waals surface area contributed by atoms with E-state index in [0.29, 0.717) is 18.6 Å². The van der Waals surface area contributed by atoms with E-state index in [1.165, 1.54) is 77.7 Å². The zero-order valence-corrected chi connectivity index (χ0v) is 14.8. The van der Waals surface area contributed by atoms with Gasteiger partial charge in [-0.1, -0.05) is 57.8 Å². The third-order valence-corrected chi connectivity index (χ3v) is 4.70. The molecule has 0 aromatic carbocycles. The van der Waals surface area contributed by atoms with Crippen LogP contribution in [0.25, 0.3) is 0 Å². The van der Waals surface area contributed by atoms with E-state index in [0.717, 1.165) is 12.8 Å². The maximum absolute atomic E-state index is 10.9. The Labute approximate surface area is 137 Å². The molecule has 0 N–H and O–H groups in total. The van der Waals surface area contributed by atoms with Crippen LogP contribution >= 0.6 is 0 Å². The van der Waals surface area contributed by atoms with Crippen molar-refractivity contribution in [1.82, 2.24) is 0 Å². The van der Waals surface area contributed by atoms with Crippen molar-refractivity contribution in [2.24, 2.45) is 0 Å². The molecule has 1 saturated heterocycles. The number of rotatable bonds is 13. The summed E-state index contributed by atoms with van der Waals surface area (Å²) in [6.45, 7) is 2.19. The van der Waals surface area contributed by atoms with Crippen molar-refractivity contribution in [2.45, 2.75) is 109 Å². The lowest BCUT2D eigenvalue weighted by Gasteiger charge is -2.10. The van der Waals surface area contributed by atoms with Crippen LogP contribution < -0.4 is 0 Å². The molecule has 3 heteroatoms. The topological polar surface area (TPSA) is 35.5 Å². The zero-order valence-electron chi connectivity index (χ0n) is 14.8. The van der Waals surface area contributed by atoms with Crippen molar-refractivity contribution in [3.05, 3.63) is 0 Å². The number of unbranched alkanes of at least 4 members (excludes halogenated alkanes) is 9. The fraction of sp³-hybridized carbons (Fsp3) is 0.947. The number of esters is 1. The van der Waals surface area contributed by atoms with Crippen molar-refractivity contribution < 1.29 is 14.3 Å². The highest BCUT2D eigenvalue weighted by molar-refractivity contribution is 5.68. The molecule has 130 valence electrons. The predicted octanol–water partition coefficient (Wildman–Crippen LogP) is 5.41. The zero-order chi connectivity index (χ0) is 16.0. The van der Waals surface area contributed by atoms with Gasteiger partial charge in [0.15, 0.2) is 0 Å². The number of methoxy groups -OCH3 is 1. The smallest absolute Gasteiger partial charge is 0.305 e. The summed E-state index contributed by atoms with van der Waals surface area (Å²) in [6, 6.07) is 0. The molecule has 3 nitrogen and oxygen atoms in total. The third-order valence-electron chi connectivity index (χ3n) is 4.70. The molecule has 1 aliphatic rings. The fourth-order valence-corrected chi connectivity index (χ4v) is 3.26. The second kappa shape index (κ2) is 12.9. The average Bonchev–Trinajstić information content (AvgIpc) is 2.93. The Morgan fingerprint density at radius 2 is 1.45 bits per heavy atom. The SMILES string of the molecule is COC(=O)CCCCCCCCCCCC[C@H]1CC[C@H](C)O1. The molecule has 1 heterocycles. The fourth-order valence-electron chi connectivity index (χ4n) is 3.26. The van der Waals surface area contributed by atoms with Gasteiger partial charge in [0.1, 0.15) is 0 Å². The van der Waals surface area contributed by atoms with Crippen molar-refractivity contribution in [1.29, 1.82) is 0 Å². The largest absolute Gasteiger partial charge is 0.469 e. The van der Waals surface area contributed by atoms with Gasteiger partial charge >= 0.3 is 5.97 Å². The Morgan fingerprint density at radius 3 is 1.95 bits per heavy atom. The van der Waals surface area contributed by atoms with Gasteiger partial charge < -0.3 is 9.47 Å². The first-order chi connectivity index (χ1) is 10.7. The standard InChI is InChI=1S/C19H36O3/c1-17-15-16-18(22-17)13-11-9-7-5-3-4-6-8-10-12-14-19(20)21-2/h17-18H,3-16H2,1-2H3/t17-,18-/m0/s1. The normalized spacial score (nSPS) is 21.2. The maximum Gasteiger partial charge on any atom is 0.305 e. The number of hydrogen-bond donors (Lipinski definition) is 0. The molecule has 0 bridgehead atoms. The molecule has 0 saturated carbocycles. The van der Waals surface area contributed by atoms with Gasteiger partial charge in [0.2, 0.25) is 0 Å². The lowest BCUT2D eigenvalue weighted by molar-refractivity contribution is -0.140. The van der Waals surface area contributed by atoms with Crippen LogP contribution in [-0.2, 0) is 14.3 Å². The van der Waals surface area contributed by atoms with Gasteiger partial charge in [-0.25, -0.2) is 0 Å². The Kier molecular flexibility index (Phi) is 11.4.